The van der Waals surface area contributed by atoms with Crippen LogP contribution in [0.25, 0.3) is 0 Å². The number of rotatable bonds is 5. The summed E-state index contributed by atoms with van der Waals surface area (Å²) < 4.78 is 23.3. The molecule has 0 spiro atoms. The van der Waals surface area contributed by atoms with Crippen molar-refractivity contribution in [3.63, 3.8) is 0 Å². The Kier molecular flexibility index (Phi) is 4.32. The molecule has 11 heavy (non-hydrogen) atoms. The summed E-state index contributed by atoms with van der Waals surface area (Å²) in [5.41, 5.74) is 0. The highest BCUT2D eigenvalue weighted by Gasteiger charge is 2.09. The lowest BCUT2D eigenvalue weighted by Crippen LogP contribution is -2.38. The lowest BCUT2D eigenvalue weighted by Gasteiger charge is -2.11. The van der Waals surface area contributed by atoms with Crippen LogP contribution in [0.2, 0.25) is 0 Å². The number of nitrogens with one attached hydrogen (secondary N) is 1. The molecule has 0 fully saturated rings. The van der Waals surface area contributed by atoms with Crippen LogP contribution in [0.3, 0.4) is 0 Å². The van der Waals surface area contributed by atoms with Gasteiger partial charge >= 0.3 is 0 Å². The molecule has 0 saturated heterocycles. The second kappa shape index (κ2) is 4.48. The predicted octanol–water partition coefficient (Wildman–Crippen LogP) is 0.134. The Hall–Kier alpha value is -0.390. The van der Waals surface area contributed by atoms with E-state index in [1.807, 2.05) is 6.92 Å². The van der Waals surface area contributed by atoms with E-state index in [9.17, 15) is 8.42 Å². The smallest absolute Gasteiger partial charge is 0.216 e. The van der Waals surface area contributed by atoms with Gasteiger partial charge in [-0.25, -0.2) is 5.14 Å². The molecule has 0 saturated carbocycles. The summed E-state index contributed by atoms with van der Waals surface area (Å²) in [5, 5.41) is 4.77. The Morgan fingerprint density at radius 1 is 1.73 bits per heavy atom. The Morgan fingerprint density at radius 2 is 2.27 bits per heavy atom. The molecule has 5 heteroatoms. The van der Waals surface area contributed by atoms with Crippen molar-refractivity contribution in [3.05, 3.63) is 12.7 Å². The van der Waals surface area contributed by atoms with Gasteiger partial charge in [0.2, 0.25) is 0 Å². The van der Waals surface area contributed by atoms with Gasteiger partial charge in [-0.05, 0) is 12.8 Å². The van der Waals surface area contributed by atoms with E-state index in [4.69, 9.17) is 5.14 Å². The van der Waals surface area contributed by atoms with Gasteiger partial charge in [0, 0.05) is 6.04 Å². The van der Waals surface area contributed by atoms with Crippen LogP contribution < -0.4 is 9.86 Å². The minimum absolute atomic E-state index is 0.123. The van der Waals surface area contributed by atoms with Gasteiger partial charge in [-0.15, -0.1) is 6.58 Å². The van der Waals surface area contributed by atoms with Crippen LogP contribution in [-0.2, 0) is 10.2 Å². The van der Waals surface area contributed by atoms with Crippen molar-refractivity contribution in [2.45, 2.75) is 25.8 Å². The average Bonchev–Trinajstić information content (AvgIpc) is 1.84. The van der Waals surface area contributed by atoms with Gasteiger partial charge in [0.1, 0.15) is 0 Å². The molecule has 0 aromatic rings. The molecule has 1 atom stereocenters. The summed E-state index contributed by atoms with van der Waals surface area (Å²) in [4.78, 5) is 0. The summed E-state index contributed by atoms with van der Waals surface area (Å²) in [7, 11) is -3.56. The quantitative estimate of drug-likeness (QED) is 0.587. The molecule has 0 aromatic heterocycles. The molecule has 0 aromatic carbocycles. The fourth-order valence-electron chi connectivity index (χ4n) is 0.732. The monoisotopic (exact) mass is 178 g/mol. The van der Waals surface area contributed by atoms with E-state index in [2.05, 4.69) is 11.3 Å². The maximum Gasteiger partial charge on any atom is 0.274 e. The Morgan fingerprint density at radius 3 is 2.55 bits per heavy atom. The van der Waals surface area contributed by atoms with Gasteiger partial charge in [-0.1, -0.05) is 13.0 Å². The minimum Gasteiger partial charge on any atom is -0.216 e. The maximum atomic E-state index is 10.5. The van der Waals surface area contributed by atoms with Crippen LogP contribution >= 0.6 is 0 Å². The van der Waals surface area contributed by atoms with E-state index in [1.54, 1.807) is 6.08 Å². The van der Waals surface area contributed by atoms with Gasteiger partial charge < -0.3 is 0 Å². The molecule has 0 bridgehead atoms. The molecule has 0 aliphatic heterocycles. The van der Waals surface area contributed by atoms with Crippen LogP contribution in [0, 0.1) is 0 Å². The lowest BCUT2D eigenvalue weighted by atomic mass is 10.2. The summed E-state index contributed by atoms with van der Waals surface area (Å²) in [6, 6.07) is -0.123. The fraction of sp³-hybridized carbons (Fsp3) is 0.667. The summed E-state index contributed by atoms with van der Waals surface area (Å²) in [6.45, 7) is 5.38. The SMILES string of the molecule is C=CC[C@H](CC)NS(N)(=O)=O. The zero-order chi connectivity index (χ0) is 8.91. The van der Waals surface area contributed by atoms with Crippen molar-refractivity contribution in [1.82, 2.24) is 4.72 Å². The molecule has 3 N–H and O–H groups in total. The molecule has 0 radical (unpaired) electrons. The molecule has 0 unspecified atom stereocenters. The van der Waals surface area contributed by atoms with Gasteiger partial charge in [0.15, 0.2) is 0 Å². The second-order valence-electron chi connectivity index (χ2n) is 2.29. The zero-order valence-electron chi connectivity index (χ0n) is 6.58. The molecule has 66 valence electrons. The fourth-order valence-corrected chi connectivity index (χ4v) is 1.46. The van der Waals surface area contributed by atoms with Gasteiger partial charge in [-0.3, -0.25) is 0 Å². The zero-order valence-corrected chi connectivity index (χ0v) is 7.39. The summed E-state index contributed by atoms with van der Waals surface area (Å²) in [6.07, 6.45) is 2.97. The van der Waals surface area contributed by atoms with Crippen molar-refractivity contribution in [3.8, 4) is 0 Å². The van der Waals surface area contributed by atoms with Crippen molar-refractivity contribution >= 4 is 10.2 Å². The third-order valence-corrected chi connectivity index (χ3v) is 1.94. The van der Waals surface area contributed by atoms with Crippen molar-refractivity contribution in [1.29, 1.82) is 0 Å². The molecule has 0 heterocycles. The van der Waals surface area contributed by atoms with Gasteiger partial charge in [-0.2, -0.15) is 13.1 Å². The van der Waals surface area contributed by atoms with E-state index in [1.165, 1.54) is 0 Å². The van der Waals surface area contributed by atoms with Crippen molar-refractivity contribution < 1.29 is 8.42 Å². The topological polar surface area (TPSA) is 72.2 Å². The highest BCUT2D eigenvalue weighted by molar-refractivity contribution is 7.87. The maximum absolute atomic E-state index is 10.5. The molecule has 0 rings (SSSR count). The van der Waals surface area contributed by atoms with Crippen LogP contribution in [0.15, 0.2) is 12.7 Å². The molecular formula is C6H14N2O2S. The standard InChI is InChI=1S/C6H14N2O2S/c1-3-5-6(4-2)8-11(7,9)10/h3,6,8H,1,4-5H2,2H3,(H2,7,9,10)/t6-/m0/s1. The number of nitrogens with two attached hydrogens (primary N) is 1. The Balaban J connectivity index is 3.98. The number of hydrogen-bond donors (Lipinski definition) is 2. The Labute approximate surface area is 67.7 Å². The third kappa shape index (κ3) is 6.03. The summed E-state index contributed by atoms with van der Waals surface area (Å²) >= 11 is 0. The first-order valence-electron chi connectivity index (χ1n) is 3.40. The largest absolute Gasteiger partial charge is 0.274 e. The van der Waals surface area contributed by atoms with Gasteiger partial charge in [0.25, 0.3) is 10.2 Å². The normalized spacial score (nSPS) is 14.4. The predicted molar refractivity (Wildman–Crippen MR) is 45.1 cm³/mol. The van der Waals surface area contributed by atoms with E-state index >= 15 is 0 Å². The van der Waals surface area contributed by atoms with Crippen LogP contribution in [0.1, 0.15) is 19.8 Å². The van der Waals surface area contributed by atoms with E-state index < -0.39 is 10.2 Å². The second-order valence-corrected chi connectivity index (χ2v) is 3.62. The third-order valence-electron chi connectivity index (χ3n) is 1.27. The summed E-state index contributed by atoms with van der Waals surface area (Å²) in [5.74, 6) is 0. The number of hydrogen-bond acceptors (Lipinski definition) is 2. The Bertz CT molecular complexity index is 211. The van der Waals surface area contributed by atoms with Crippen molar-refractivity contribution in [2.75, 3.05) is 0 Å². The molecule has 0 aliphatic rings. The highest BCUT2D eigenvalue weighted by atomic mass is 32.2. The average molecular weight is 178 g/mol. The van der Waals surface area contributed by atoms with Crippen LogP contribution in [0.4, 0.5) is 0 Å². The van der Waals surface area contributed by atoms with Crippen molar-refractivity contribution in [2.24, 2.45) is 5.14 Å². The first-order chi connectivity index (χ1) is 4.99. The minimum atomic E-state index is -3.56. The molecule has 4 nitrogen and oxygen atoms in total. The molecule has 0 aliphatic carbocycles. The van der Waals surface area contributed by atoms with E-state index in [-0.39, 0.29) is 6.04 Å². The van der Waals surface area contributed by atoms with E-state index in [0.29, 0.717) is 12.8 Å². The first-order valence-corrected chi connectivity index (χ1v) is 4.95. The molecular weight excluding hydrogens is 164 g/mol. The molecule has 0 amide bonds. The van der Waals surface area contributed by atoms with Crippen LogP contribution in [0.5, 0.6) is 0 Å². The van der Waals surface area contributed by atoms with Gasteiger partial charge in [0.05, 0.1) is 0 Å². The van der Waals surface area contributed by atoms with Crippen LogP contribution in [-0.4, -0.2) is 14.5 Å². The lowest BCUT2D eigenvalue weighted by molar-refractivity contribution is 0.542. The highest BCUT2D eigenvalue weighted by Crippen LogP contribution is 1.97. The first kappa shape index (κ1) is 10.6. The van der Waals surface area contributed by atoms with E-state index in [0.717, 1.165) is 0 Å².